The molecule has 0 atom stereocenters. The second-order valence-electron chi connectivity index (χ2n) is 15.4. The van der Waals surface area contributed by atoms with E-state index in [4.69, 9.17) is 0 Å². The summed E-state index contributed by atoms with van der Waals surface area (Å²) in [5.41, 5.74) is 11.4. The number of rotatable bonds is 8. The summed E-state index contributed by atoms with van der Waals surface area (Å²) in [6.07, 6.45) is 13.4. The highest BCUT2D eigenvalue weighted by Crippen LogP contribution is 2.47. The molecule has 2 saturated carbocycles. The molecule has 0 radical (unpaired) electrons. The highest BCUT2D eigenvalue weighted by atomic mass is 15.2. The molecule has 0 aromatic heterocycles. The van der Waals surface area contributed by atoms with Crippen LogP contribution in [0.5, 0.6) is 0 Å². The van der Waals surface area contributed by atoms with Crippen molar-refractivity contribution in [2.24, 2.45) is 0 Å². The number of aryl methyl sites for hydroxylation is 1. The predicted octanol–water partition coefficient (Wildman–Crippen LogP) is 15.3. The minimum Gasteiger partial charge on any atom is -0.310 e. The van der Waals surface area contributed by atoms with Gasteiger partial charge in [0.25, 0.3) is 0 Å². The van der Waals surface area contributed by atoms with E-state index in [9.17, 15) is 0 Å². The summed E-state index contributed by atoms with van der Waals surface area (Å²) in [7, 11) is 0. The molecule has 2 aliphatic rings. The van der Waals surface area contributed by atoms with Gasteiger partial charge >= 0.3 is 0 Å². The Morgan fingerprint density at radius 3 is 1.34 bits per heavy atom. The lowest BCUT2D eigenvalue weighted by molar-refractivity contribution is 0.443. The summed E-state index contributed by atoms with van der Waals surface area (Å²) < 4.78 is 0. The van der Waals surface area contributed by atoms with Gasteiger partial charge in [0, 0.05) is 33.8 Å². The molecule has 0 spiro atoms. The Kier molecular flexibility index (Phi) is 9.45. The van der Waals surface area contributed by atoms with E-state index >= 15 is 0 Å². The van der Waals surface area contributed by atoms with Crippen LogP contribution in [0.4, 0.5) is 34.1 Å². The van der Waals surface area contributed by atoms with Gasteiger partial charge in [0.05, 0.1) is 5.69 Å². The summed E-state index contributed by atoms with van der Waals surface area (Å²) in [6, 6.07) is 56.8. The van der Waals surface area contributed by atoms with Gasteiger partial charge in [0.1, 0.15) is 0 Å². The van der Waals surface area contributed by atoms with E-state index in [0.29, 0.717) is 11.8 Å². The molecule has 0 aliphatic heterocycles. The summed E-state index contributed by atoms with van der Waals surface area (Å²) in [5.74, 6) is 1.38. The van der Waals surface area contributed by atoms with Crippen molar-refractivity contribution >= 4 is 55.7 Å². The van der Waals surface area contributed by atoms with E-state index in [1.54, 1.807) is 0 Å². The molecular weight excluding hydrogens is 641 g/mol. The Morgan fingerprint density at radius 1 is 0.358 bits per heavy atom. The maximum atomic E-state index is 2.49. The zero-order valence-corrected chi connectivity index (χ0v) is 31.1. The first-order valence-corrected chi connectivity index (χ1v) is 20.1. The summed E-state index contributed by atoms with van der Waals surface area (Å²) >= 11 is 0. The van der Waals surface area contributed by atoms with Crippen LogP contribution in [-0.2, 0) is 0 Å². The number of hydrogen-bond acceptors (Lipinski definition) is 2. The van der Waals surface area contributed by atoms with Crippen molar-refractivity contribution < 1.29 is 0 Å². The molecule has 0 saturated heterocycles. The van der Waals surface area contributed by atoms with Crippen molar-refractivity contribution in [1.82, 2.24) is 0 Å². The Labute approximate surface area is 315 Å². The maximum Gasteiger partial charge on any atom is 0.0575 e. The molecule has 0 unspecified atom stereocenters. The van der Waals surface area contributed by atoms with Crippen molar-refractivity contribution in [2.45, 2.75) is 83.0 Å². The number of anilines is 6. The van der Waals surface area contributed by atoms with Crippen molar-refractivity contribution in [3.8, 4) is 0 Å². The van der Waals surface area contributed by atoms with E-state index in [1.807, 2.05) is 0 Å². The van der Waals surface area contributed by atoms with Crippen LogP contribution in [0.2, 0.25) is 0 Å². The smallest absolute Gasteiger partial charge is 0.0575 e. The number of hydrogen-bond donors (Lipinski definition) is 0. The van der Waals surface area contributed by atoms with Crippen LogP contribution in [0, 0.1) is 6.92 Å². The largest absolute Gasteiger partial charge is 0.310 e. The fraction of sp³-hybridized carbons (Fsp3) is 0.255. The number of benzene rings is 7. The molecule has 2 fully saturated rings. The first-order valence-electron chi connectivity index (χ1n) is 20.1. The van der Waals surface area contributed by atoms with Gasteiger partial charge < -0.3 is 9.80 Å². The molecular formula is C51H50N2. The lowest BCUT2D eigenvalue weighted by Crippen LogP contribution is -2.13. The zero-order valence-electron chi connectivity index (χ0n) is 31.1. The Balaban J connectivity index is 1.17. The predicted molar refractivity (Wildman–Crippen MR) is 227 cm³/mol. The summed E-state index contributed by atoms with van der Waals surface area (Å²) in [4.78, 5) is 4.91. The molecule has 264 valence electrons. The first-order chi connectivity index (χ1) is 26.2. The second kappa shape index (κ2) is 15.0. The van der Waals surface area contributed by atoms with Gasteiger partial charge in [-0.1, -0.05) is 130 Å². The highest BCUT2D eigenvalue weighted by Gasteiger charge is 2.23. The van der Waals surface area contributed by atoms with E-state index in [2.05, 4.69) is 168 Å². The fourth-order valence-corrected chi connectivity index (χ4v) is 9.43. The second-order valence-corrected chi connectivity index (χ2v) is 15.4. The van der Waals surface area contributed by atoms with Gasteiger partial charge in [-0.25, -0.2) is 0 Å². The minimum atomic E-state index is 0.686. The van der Waals surface area contributed by atoms with Crippen molar-refractivity contribution in [3.05, 3.63) is 168 Å². The van der Waals surface area contributed by atoms with Crippen LogP contribution in [0.3, 0.4) is 0 Å². The molecule has 53 heavy (non-hydrogen) atoms. The fourth-order valence-electron chi connectivity index (χ4n) is 9.43. The van der Waals surface area contributed by atoms with Gasteiger partial charge in [0.15, 0.2) is 0 Å². The first kappa shape index (κ1) is 33.5. The van der Waals surface area contributed by atoms with Crippen LogP contribution in [0.25, 0.3) is 21.5 Å². The zero-order chi connectivity index (χ0) is 35.6. The van der Waals surface area contributed by atoms with Crippen LogP contribution >= 0.6 is 0 Å². The molecule has 2 aliphatic carbocycles. The lowest BCUT2D eigenvalue weighted by atomic mass is 9.84. The third-order valence-electron chi connectivity index (χ3n) is 12.2. The topological polar surface area (TPSA) is 6.48 Å². The molecule has 0 amide bonds. The van der Waals surface area contributed by atoms with E-state index < -0.39 is 0 Å². The summed E-state index contributed by atoms with van der Waals surface area (Å²) in [6.45, 7) is 2.31. The molecule has 0 heterocycles. The van der Waals surface area contributed by atoms with E-state index in [-0.39, 0.29) is 0 Å². The number of fused-ring (bicyclic) bond motifs is 3. The molecule has 2 heteroatoms. The average molecular weight is 691 g/mol. The van der Waals surface area contributed by atoms with Crippen molar-refractivity contribution in [1.29, 1.82) is 0 Å². The van der Waals surface area contributed by atoms with E-state index in [0.717, 1.165) is 0 Å². The summed E-state index contributed by atoms with van der Waals surface area (Å²) in [5, 5.41) is 5.09. The Morgan fingerprint density at radius 2 is 0.792 bits per heavy atom. The highest BCUT2D eigenvalue weighted by molar-refractivity contribution is 6.17. The average Bonchev–Trinajstić information content (AvgIpc) is 3.24. The molecule has 0 bridgehead atoms. The molecule has 7 aromatic carbocycles. The van der Waals surface area contributed by atoms with Crippen LogP contribution in [-0.4, -0.2) is 0 Å². The third-order valence-corrected chi connectivity index (χ3v) is 12.2. The third kappa shape index (κ3) is 6.61. The normalized spacial score (nSPS) is 15.5. The number of para-hydroxylation sites is 2. The standard InChI is InChI=1S/C51H50N2/c1-37-47-35-34-46(52(42-20-10-4-11-21-42)44-30-26-40(27-31-44)38-16-6-2-7-17-38)36-50(47)48-24-14-15-25-49(48)51(37)53(43-22-12-5-13-23-43)45-32-28-41(29-33-45)39-18-8-3-9-19-39/h4-5,10-15,20-36,38-39H,2-3,6-9,16-19H2,1H3. The molecule has 2 nitrogen and oxygen atoms in total. The van der Waals surface area contributed by atoms with Gasteiger partial charge in [-0.15, -0.1) is 0 Å². The number of nitrogens with zero attached hydrogens (tertiary/aromatic N) is 2. The van der Waals surface area contributed by atoms with Gasteiger partial charge in [-0.05, 0) is 138 Å². The Hall–Kier alpha value is -5.34. The SMILES string of the molecule is Cc1c(N(c2ccccc2)c2ccc(C3CCCCC3)cc2)c2ccccc2c2cc(N(c3ccccc3)c3ccc(C4CCCCC4)cc3)ccc12. The van der Waals surface area contributed by atoms with Crippen LogP contribution in [0.15, 0.2) is 152 Å². The van der Waals surface area contributed by atoms with Gasteiger partial charge in [-0.3, -0.25) is 0 Å². The van der Waals surface area contributed by atoms with E-state index in [1.165, 1.54) is 137 Å². The van der Waals surface area contributed by atoms with Gasteiger partial charge in [-0.2, -0.15) is 0 Å². The molecule has 0 N–H and O–H groups in total. The Bertz CT molecular complexity index is 2300. The molecule has 7 aromatic rings. The van der Waals surface area contributed by atoms with Crippen molar-refractivity contribution in [2.75, 3.05) is 9.80 Å². The quantitative estimate of drug-likeness (QED) is 0.146. The maximum absolute atomic E-state index is 2.49. The lowest BCUT2D eigenvalue weighted by Gasteiger charge is -2.31. The van der Waals surface area contributed by atoms with Crippen LogP contribution < -0.4 is 9.80 Å². The monoisotopic (exact) mass is 690 g/mol. The van der Waals surface area contributed by atoms with Crippen LogP contribution in [0.1, 0.15) is 92.7 Å². The minimum absolute atomic E-state index is 0.686. The molecule has 9 rings (SSSR count). The van der Waals surface area contributed by atoms with Crippen molar-refractivity contribution in [3.63, 3.8) is 0 Å². The van der Waals surface area contributed by atoms with Gasteiger partial charge in [0.2, 0.25) is 0 Å².